The van der Waals surface area contributed by atoms with Gasteiger partial charge in [-0.25, -0.2) is 4.79 Å². The second kappa shape index (κ2) is 9.88. The maximum absolute atomic E-state index is 12.2. The Morgan fingerprint density at radius 1 is 1.14 bits per heavy atom. The normalized spacial score (nSPS) is 10.6. The highest BCUT2D eigenvalue weighted by Gasteiger charge is 2.12. The molecule has 0 bridgehead atoms. The van der Waals surface area contributed by atoms with Crippen molar-refractivity contribution in [1.82, 2.24) is 10.2 Å². The molecule has 0 aliphatic rings. The fourth-order valence-corrected chi connectivity index (χ4v) is 3.02. The van der Waals surface area contributed by atoms with Crippen LogP contribution in [0.15, 0.2) is 58.2 Å². The molecule has 3 aromatic rings. The molecule has 2 aromatic carbocycles. The van der Waals surface area contributed by atoms with Gasteiger partial charge in [0.15, 0.2) is 0 Å². The predicted octanol–water partition coefficient (Wildman–Crippen LogP) is 4.34. The summed E-state index contributed by atoms with van der Waals surface area (Å²) in [5.74, 6) is -0.0506. The summed E-state index contributed by atoms with van der Waals surface area (Å²) in [5, 5.41) is 11.1. The summed E-state index contributed by atoms with van der Waals surface area (Å²) in [6.45, 7) is 4.30. The number of hydrogen-bond donors (Lipinski definition) is 1. The Morgan fingerprint density at radius 3 is 2.66 bits per heavy atom. The molecule has 0 saturated heterocycles. The highest BCUT2D eigenvalue weighted by molar-refractivity contribution is 7.99. The number of nitrogens with zero attached hydrogens (tertiary/aromatic N) is 2. The average Bonchev–Trinajstić information content (AvgIpc) is 3.20. The van der Waals surface area contributed by atoms with Crippen LogP contribution >= 0.6 is 11.8 Å². The maximum atomic E-state index is 12.2. The van der Waals surface area contributed by atoms with Gasteiger partial charge in [-0.2, -0.15) is 0 Å². The van der Waals surface area contributed by atoms with Crippen molar-refractivity contribution in [3.63, 3.8) is 0 Å². The average molecular weight is 411 g/mol. The van der Waals surface area contributed by atoms with Crippen molar-refractivity contribution in [2.24, 2.45) is 0 Å². The number of anilines is 1. The standard InChI is InChI=1S/C21H21N3O4S/c1-3-11-27-20(26)15-7-9-17(10-8-15)22-18(25)13-29-21-24-23-19(28-21)16-6-4-5-14(2)12-16/h4-10,12H,3,11,13H2,1-2H3,(H,22,25). The number of esters is 1. The zero-order valence-electron chi connectivity index (χ0n) is 16.2. The van der Waals surface area contributed by atoms with Gasteiger partial charge in [0, 0.05) is 11.3 Å². The van der Waals surface area contributed by atoms with Crippen molar-refractivity contribution < 1.29 is 18.7 Å². The zero-order valence-corrected chi connectivity index (χ0v) is 17.0. The lowest BCUT2D eigenvalue weighted by atomic mass is 10.1. The van der Waals surface area contributed by atoms with E-state index in [-0.39, 0.29) is 17.6 Å². The summed E-state index contributed by atoms with van der Waals surface area (Å²) < 4.78 is 10.7. The van der Waals surface area contributed by atoms with Crippen molar-refractivity contribution in [3.05, 3.63) is 59.7 Å². The first-order valence-electron chi connectivity index (χ1n) is 9.15. The predicted molar refractivity (Wildman–Crippen MR) is 111 cm³/mol. The first kappa shape index (κ1) is 20.6. The van der Waals surface area contributed by atoms with E-state index in [1.165, 1.54) is 0 Å². The Morgan fingerprint density at radius 2 is 1.93 bits per heavy atom. The Bertz CT molecular complexity index is 986. The van der Waals surface area contributed by atoms with Crippen molar-refractivity contribution in [2.45, 2.75) is 25.5 Å². The summed E-state index contributed by atoms with van der Waals surface area (Å²) in [7, 11) is 0. The monoisotopic (exact) mass is 411 g/mol. The largest absolute Gasteiger partial charge is 0.462 e. The summed E-state index contributed by atoms with van der Waals surface area (Å²) in [6, 6.07) is 14.3. The molecule has 150 valence electrons. The molecular formula is C21H21N3O4S. The van der Waals surface area contributed by atoms with Crippen LogP contribution in [-0.2, 0) is 9.53 Å². The van der Waals surface area contributed by atoms with E-state index in [1.807, 2.05) is 38.1 Å². The van der Waals surface area contributed by atoms with E-state index >= 15 is 0 Å². The first-order chi connectivity index (χ1) is 14.0. The molecule has 3 rings (SSSR count). The third-order valence-corrected chi connectivity index (χ3v) is 4.66. The number of nitrogens with one attached hydrogen (secondary N) is 1. The van der Waals surface area contributed by atoms with Crippen molar-refractivity contribution in [3.8, 4) is 11.5 Å². The van der Waals surface area contributed by atoms with Gasteiger partial charge in [-0.05, 0) is 49.7 Å². The molecular weight excluding hydrogens is 390 g/mol. The second-order valence-electron chi connectivity index (χ2n) is 6.29. The summed E-state index contributed by atoms with van der Waals surface area (Å²) >= 11 is 1.16. The SMILES string of the molecule is CCCOC(=O)c1ccc(NC(=O)CSc2nnc(-c3cccc(C)c3)o2)cc1. The van der Waals surface area contributed by atoms with Crippen molar-refractivity contribution >= 4 is 29.3 Å². The molecule has 0 atom stereocenters. The number of aromatic nitrogens is 2. The zero-order chi connectivity index (χ0) is 20.6. The molecule has 0 aliphatic heterocycles. The highest BCUT2D eigenvalue weighted by Crippen LogP contribution is 2.24. The number of carbonyl (C=O) groups is 2. The lowest BCUT2D eigenvalue weighted by molar-refractivity contribution is -0.113. The molecule has 0 radical (unpaired) electrons. The van der Waals surface area contributed by atoms with Gasteiger partial charge in [0.2, 0.25) is 11.8 Å². The van der Waals surface area contributed by atoms with Gasteiger partial charge in [0.1, 0.15) is 0 Å². The van der Waals surface area contributed by atoms with Crippen LogP contribution in [0.25, 0.3) is 11.5 Å². The number of benzene rings is 2. The molecule has 0 saturated carbocycles. The minimum atomic E-state index is -0.374. The van der Waals surface area contributed by atoms with Crippen LogP contribution in [-0.4, -0.2) is 34.4 Å². The molecule has 0 fully saturated rings. The van der Waals surface area contributed by atoms with Crippen molar-refractivity contribution in [1.29, 1.82) is 0 Å². The Kier molecular flexibility index (Phi) is 7.02. The van der Waals surface area contributed by atoms with Crippen LogP contribution in [0.1, 0.15) is 29.3 Å². The molecule has 7 nitrogen and oxygen atoms in total. The molecule has 1 amide bonds. The molecule has 29 heavy (non-hydrogen) atoms. The van der Waals surface area contributed by atoms with Crippen LogP contribution in [0.5, 0.6) is 0 Å². The van der Waals surface area contributed by atoms with Crippen LogP contribution in [0.2, 0.25) is 0 Å². The Labute approximate surface area is 172 Å². The van der Waals surface area contributed by atoms with E-state index in [1.54, 1.807) is 24.3 Å². The molecule has 0 unspecified atom stereocenters. The Hall–Kier alpha value is -3.13. The second-order valence-corrected chi connectivity index (χ2v) is 7.22. The minimum absolute atomic E-state index is 0.121. The van der Waals surface area contributed by atoms with Gasteiger partial charge in [-0.1, -0.05) is 36.4 Å². The fraction of sp³-hybridized carbons (Fsp3) is 0.238. The number of ether oxygens (including phenoxy) is 1. The van der Waals surface area contributed by atoms with Gasteiger partial charge < -0.3 is 14.5 Å². The third-order valence-electron chi connectivity index (χ3n) is 3.84. The van der Waals surface area contributed by atoms with Gasteiger partial charge in [-0.15, -0.1) is 10.2 Å². The van der Waals surface area contributed by atoms with E-state index in [4.69, 9.17) is 9.15 Å². The van der Waals surface area contributed by atoms with Gasteiger partial charge >= 0.3 is 5.97 Å². The number of rotatable bonds is 8. The molecule has 0 spiro atoms. The van der Waals surface area contributed by atoms with E-state index in [0.29, 0.717) is 29.0 Å². The number of aryl methyl sites for hydroxylation is 1. The minimum Gasteiger partial charge on any atom is -0.462 e. The van der Waals surface area contributed by atoms with Crippen LogP contribution in [0, 0.1) is 6.92 Å². The molecule has 1 aromatic heterocycles. The molecule has 0 aliphatic carbocycles. The van der Waals surface area contributed by atoms with Gasteiger partial charge in [0.25, 0.3) is 5.22 Å². The lowest BCUT2D eigenvalue weighted by Crippen LogP contribution is -2.14. The fourth-order valence-electron chi connectivity index (χ4n) is 2.45. The summed E-state index contributed by atoms with van der Waals surface area (Å²) in [5.41, 5.74) is 2.97. The van der Waals surface area contributed by atoms with Crippen LogP contribution in [0.4, 0.5) is 5.69 Å². The topological polar surface area (TPSA) is 94.3 Å². The first-order valence-corrected chi connectivity index (χ1v) is 10.1. The number of thioether (sulfide) groups is 1. The van der Waals surface area contributed by atoms with Crippen LogP contribution < -0.4 is 5.32 Å². The van der Waals surface area contributed by atoms with E-state index in [0.717, 1.165) is 29.3 Å². The van der Waals surface area contributed by atoms with E-state index in [2.05, 4.69) is 15.5 Å². The number of carbonyl (C=O) groups excluding carboxylic acids is 2. The quantitative estimate of drug-likeness (QED) is 0.435. The summed E-state index contributed by atoms with van der Waals surface area (Å²) in [6.07, 6.45) is 0.768. The summed E-state index contributed by atoms with van der Waals surface area (Å²) in [4.78, 5) is 23.9. The maximum Gasteiger partial charge on any atom is 0.338 e. The Balaban J connectivity index is 1.51. The highest BCUT2D eigenvalue weighted by atomic mass is 32.2. The molecule has 8 heteroatoms. The van der Waals surface area contributed by atoms with E-state index < -0.39 is 0 Å². The van der Waals surface area contributed by atoms with Gasteiger partial charge in [-0.3, -0.25) is 4.79 Å². The molecule has 1 heterocycles. The smallest absolute Gasteiger partial charge is 0.338 e. The third kappa shape index (κ3) is 5.92. The van der Waals surface area contributed by atoms with Crippen molar-refractivity contribution in [2.75, 3.05) is 17.7 Å². The van der Waals surface area contributed by atoms with E-state index in [9.17, 15) is 9.59 Å². The number of amides is 1. The lowest BCUT2D eigenvalue weighted by Gasteiger charge is -2.06. The van der Waals surface area contributed by atoms with Gasteiger partial charge in [0.05, 0.1) is 17.9 Å². The van der Waals surface area contributed by atoms with Crippen LogP contribution in [0.3, 0.4) is 0 Å². The number of hydrogen-bond acceptors (Lipinski definition) is 7. The molecule has 1 N–H and O–H groups in total.